The van der Waals surface area contributed by atoms with Crippen LogP contribution in [0.15, 0.2) is 18.2 Å². The molecular formula is C13H19ClN2S. The van der Waals surface area contributed by atoms with E-state index < -0.39 is 0 Å². The van der Waals surface area contributed by atoms with Crippen molar-refractivity contribution in [3.8, 4) is 0 Å². The maximum absolute atomic E-state index is 6.12. The third-order valence-corrected chi connectivity index (χ3v) is 4.26. The predicted molar refractivity (Wildman–Crippen MR) is 78.4 cm³/mol. The molecule has 4 heteroatoms. The second kappa shape index (κ2) is 6.53. The fourth-order valence-corrected chi connectivity index (χ4v) is 3.21. The molecule has 94 valence electrons. The second-order valence-electron chi connectivity index (χ2n) is 4.26. The maximum Gasteiger partial charge on any atom is 0.0427 e. The van der Waals surface area contributed by atoms with Gasteiger partial charge in [0.1, 0.15) is 0 Å². The minimum Gasteiger partial charge on any atom is -0.370 e. The van der Waals surface area contributed by atoms with Crippen LogP contribution < -0.4 is 10.2 Å². The summed E-state index contributed by atoms with van der Waals surface area (Å²) in [6, 6.07) is 6.21. The van der Waals surface area contributed by atoms with Crippen molar-refractivity contribution in [3.05, 3.63) is 28.8 Å². The average molecular weight is 271 g/mol. The molecule has 0 amide bonds. The Kier molecular flexibility index (Phi) is 5.01. The highest BCUT2D eigenvalue weighted by atomic mass is 35.5. The van der Waals surface area contributed by atoms with Crippen molar-refractivity contribution in [3.63, 3.8) is 0 Å². The number of nitrogens with zero attached hydrogens (tertiary/aromatic N) is 1. The van der Waals surface area contributed by atoms with Crippen molar-refractivity contribution in [1.29, 1.82) is 0 Å². The van der Waals surface area contributed by atoms with Crippen molar-refractivity contribution in [1.82, 2.24) is 5.32 Å². The molecule has 17 heavy (non-hydrogen) atoms. The van der Waals surface area contributed by atoms with Crippen LogP contribution in [0.2, 0.25) is 5.02 Å². The molecular weight excluding hydrogens is 252 g/mol. The minimum atomic E-state index is 0.830. The lowest BCUT2D eigenvalue weighted by atomic mass is 10.1. The van der Waals surface area contributed by atoms with Gasteiger partial charge in [0.25, 0.3) is 0 Å². The second-order valence-corrected chi connectivity index (χ2v) is 5.92. The van der Waals surface area contributed by atoms with Gasteiger partial charge < -0.3 is 10.2 Å². The van der Waals surface area contributed by atoms with Crippen LogP contribution in [-0.2, 0) is 6.54 Å². The number of rotatable bonds is 3. The van der Waals surface area contributed by atoms with Crippen molar-refractivity contribution < 1.29 is 0 Å². The molecule has 0 radical (unpaired) electrons. The molecule has 1 aliphatic heterocycles. The molecule has 1 fully saturated rings. The lowest BCUT2D eigenvalue weighted by Crippen LogP contribution is -2.27. The summed E-state index contributed by atoms with van der Waals surface area (Å²) in [5.74, 6) is 2.49. The molecule has 0 bridgehead atoms. The monoisotopic (exact) mass is 270 g/mol. The Hall–Kier alpha value is -0.380. The summed E-state index contributed by atoms with van der Waals surface area (Å²) in [6.45, 7) is 3.17. The van der Waals surface area contributed by atoms with Crippen LogP contribution in [0, 0.1) is 0 Å². The van der Waals surface area contributed by atoms with Gasteiger partial charge in [-0.2, -0.15) is 11.8 Å². The van der Waals surface area contributed by atoms with Gasteiger partial charge in [0.05, 0.1) is 0 Å². The summed E-state index contributed by atoms with van der Waals surface area (Å²) >= 11 is 8.17. The van der Waals surface area contributed by atoms with Crippen molar-refractivity contribution in [2.24, 2.45) is 0 Å². The van der Waals surface area contributed by atoms with Gasteiger partial charge in [-0.3, -0.25) is 0 Å². The summed E-state index contributed by atoms with van der Waals surface area (Å²) in [4.78, 5) is 2.47. The SMILES string of the molecule is CNCc1ccc(Cl)cc1N1CCCSCC1. The van der Waals surface area contributed by atoms with E-state index in [2.05, 4.69) is 22.3 Å². The fourth-order valence-electron chi connectivity index (χ4n) is 2.16. The number of hydrogen-bond donors (Lipinski definition) is 1. The summed E-state index contributed by atoms with van der Waals surface area (Å²) in [7, 11) is 1.98. The quantitative estimate of drug-likeness (QED) is 0.909. The Bertz CT molecular complexity index is 362. The zero-order valence-electron chi connectivity index (χ0n) is 10.2. The van der Waals surface area contributed by atoms with E-state index in [1.54, 1.807) is 0 Å². The molecule has 0 aromatic heterocycles. The van der Waals surface area contributed by atoms with Crippen LogP contribution >= 0.6 is 23.4 Å². The average Bonchev–Trinajstić information content (AvgIpc) is 2.60. The van der Waals surface area contributed by atoms with E-state index in [9.17, 15) is 0 Å². The molecule has 2 rings (SSSR count). The van der Waals surface area contributed by atoms with Gasteiger partial charge in [0.2, 0.25) is 0 Å². The van der Waals surface area contributed by atoms with E-state index in [0.717, 1.165) is 24.7 Å². The smallest absolute Gasteiger partial charge is 0.0427 e. The molecule has 0 spiro atoms. The van der Waals surface area contributed by atoms with Gasteiger partial charge in [0, 0.05) is 36.1 Å². The van der Waals surface area contributed by atoms with E-state index in [1.165, 1.54) is 29.2 Å². The molecule has 1 N–H and O–H groups in total. The number of nitrogens with one attached hydrogen (secondary N) is 1. The molecule has 0 aliphatic carbocycles. The highest BCUT2D eigenvalue weighted by Gasteiger charge is 2.13. The Labute approximate surface area is 113 Å². The number of anilines is 1. The first-order chi connectivity index (χ1) is 8.31. The highest BCUT2D eigenvalue weighted by molar-refractivity contribution is 7.99. The van der Waals surface area contributed by atoms with E-state index in [0.29, 0.717) is 0 Å². The van der Waals surface area contributed by atoms with Crippen LogP contribution in [0.5, 0.6) is 0 Å². The molecule has 2 nitrogen and oxygen atoms in total. The van der Waals surface area contributed by atoms with Crippen LogP contribution in [0.25, 0.3) is 0 Å². The Balaban J connectivity index is 2.23. The normalized spacial score (nSPS) is 16.9. The molecule has 0 saturated carbocycles. The Morgan fingerprint density at radius 3 is 3.06 bits per heavy atom. The van der Waals surface area contributed by atoms with Gasteiger partial charge in [0.15, 0.2) is 0 Å². The molecule has 1 saturated heterocycles. The molecule has 1 aliphatic rings. The van der Waals surface area contributed by atoms with Crippen molar-refractivity contribution >= 4 is 29.1 Å². The molecule has 0 atom stereocenters. The minimum absolute atomic E-state index is 0.830. The zero-order valence-corrected chi connectivity index (χ0v) is 11.8. The maximum atomic E-state index is 6.12. The van der Waals surface area contributed by atoms with Crippen LogP contribution in [0.3, 0.4) is 0 Å². The van der Waals surface area contributed by atoms with Crippen LogP contribution in [0.4, 0.5) is 5.69 Å². The first-order valence-corrected chi connectivity index (χ1v) is 7.60. The topological polar surface area (TPSA) is 15.3 Å². The van der Waals surface area contributed by atoms with Crippen LogP contribution in [-0.4, -0.2) is 31.6 Å². The fraction of sp³-hybridized carbons (Fsp3) is 0.538. The van der Waals surface area contributed by atoms with Gasteiger partial charge in [-0.05, 0) is 36.9 Å². The van der Waals surface area contributed by atoms with Crippen LogP contribution in [0.1, 0.15) is 12.0 Å². The lowest BCUT2D eigenvalue weighted by molar-refractivity contribution is 0.780. The number of halogens is 1. The summed E-state index contributed by atoms with van der Waals surface area (Å²) in [5, 5.41) is 4.05. The van der Waals surface area contributed by atoms with Gasteiger partial charge in [-0.15, -0.1) is 0 Å². The van der Waals surface area contributed by atoms with Crippen molar-refractivity contribution in [2.45, 2.75) is 13.0 Å². The Morgan fingerprint density at radius 2 is 2.24 bits per heavy atom. The number of benzene rings is 1. The van der Waals surface area contributed by atoms with E-state index >= 15 is 0 Å². The zero-order chi connectivity index (χ0) is 12.1. The third kappa shape index (κ3) is 3.54. The largest absolute Gasteiger partial charge is 0.370 e. The molecule has 0 unspecified atom stereocenters. The van der Waals surface area contributed by atoms with E-state index in [4.69, 9.17) is 11.6 Å². The van der Waals surface area contributed by atoms with Gasteiger partial charge in [-0.25, -0.2) is 0 Å². The first-order valence-electron chi connectivity index (χ1n) is 6.07. The summed E-state index contributed by atoms with van der Waals surface area (Å²) < 4.78 is 0. The highest BCUT2D eigenvalue weighted by Crippen LogP contribution is 2.27. The predicted octanol–water partition coefficient (Wildman–Crippen LogP) is 3.00. The lowest BCUT2D eigenvalue weighted by Gasteiger charge is -2.25. The summed E-state index contributed by atoms with van der Waals surface area (Å²) in [5.41, 5.74) is 2.64. The Morgan fingerprint density at radius 1 is 1.35 bits per heavy atom. The number of thioether (sulfide) groups is 1. The standard InChI is InChI=1S/C13H19ClN2S/c1-15-10-11-3-4-12(14)9-13(11)16-5-2-7-17-8-6-16/h3-4,9,15H,2,5-8,10H2,1H3. The van der Waals surface area contributed by atoms with E-state index in [1.807, 2.05) is 24.9 Å². The molecule has 1 heterocycles. The van der Waals surface area contributed by atoms with Crippen molar-refractivity contribution in [2.75, 3.05) is 36.5 Å². The third-order valence-electron chi connectivity index (χ3n) is 2.98. The number of hydrogen-bond acceptors (Lipinski definition) is 3. The molecule has 1 aromatic rings. The van der Waals surface area contributed by atoms with Gasteiger partial charge >= 0.3 is 0 Å². The first kappa shape index (κ1) is 13.1. The van der Waals surface area contributed by atoms with Gasteiger partial charge in [-0.1, -0.05) is 17.7 Å². The molecule has 1 aromatic carbocycles. The van der Waals surface area contributed by atoms with E-state index in [-0.39, 0.29) is 0 Å². The summed E-state index contributed by atoms with van der Waals surface area (Å²) in [6.07, 6.45) is 1.26.